The van der Waals surface area contributed by atoms with Crippen LogP contribution in [-0.4, -0.2) is 37.1 Å². The molecule has 2 saturated carbocycles. The van der Waals surface area contributed by atoms with Gasteiger partial charge in [-0.2, -0.15) is 5.10 Å². The van der Waals surface area contributed by atoms with Crippen molar-refractivity contribution in [2.45, 2.75) is 37.6 Å². The van der Waals surface area contributed by atoms with E-state index in [-0.39, 0.29) is 22.6 Å². The number of rotatable bonds is 6. The molecule has 31 heavy (non-hydrogen) atoms. The first kappa shape index (κ1) is 19.3. The number of amides is 2. The number of nitrogens with one attached hydrogen (secondary N) is 2. The minimum absolute atomic E-state index is 0.0233. The average Bonchev–Trinajstić information content (AvgIpc) is 3.51. The Kier molecular flexibility index (Phi) is 4.49. The van der Waals surface area contributed by atoms with Gasteiger partial charge in [-0.25, -0.2) is 9.97 Å². The second-order valence-corrected chi connectivity index (χ2v) is 8.40. The van der Waals surface area contributed by atoms with Crippen LogP contribution in [0.2, 0.25) is 0 Å². The lowest BCUT2D eigenvalue weighted by Gasteiger charge is -2.28. The summed E-state index contributed by atoms with van der Waals surface area (Å²) in [6.45, 7) is 0. The number of carbonyl (C=O) groups excluding carboxylic acids is 2. The Hall–Kier alpha value is -3.69. The summed E-state index contributed by atoms with van der Waals surface area (Å²) in [6.07, 6.45) is 10.6. The molecule has 0 aromatic carbocycles. The third-order valence-electron chi connectivity index (χ3n) is 6.19. The highest BCUT2D eigenvalue weighted by atomic mass is 16.3. The lowest BCUT2D eigenvalue weighted by molar-refractivity contribution is 0.0995. The largest absolute Gasteiger partial charge is 0.444 e. The van der Waals surface area contributed by atoms with Gasteiger partial charge in [-0.05, 0) is 50.2 Å². The molecule has 0 aliphatic heterocycles. The summed E-state index contributed by atoms with van der Waals surface area (Å²) in [7, 11) is 1.63. The number of nitrogens with two attached hydrogens (primary N) is 1. The maximum atomic E-state index is 12.6. The van der Waals surface area contributed by atoms with Crippen molar-refractivity contribution >= 4 is 23.3 Å². The first-order valence-electron chi connectivity index (χ1n) is 10.3. The van der Waals surface area contributed by atoms with Crippen molar-refractivity contribution in [3.05, 3.63) is 42.2 Å². The van der Waals surface area contributed by atoms with Gasteiger partial charge in [0, 0.05) is 30.5 Å². The van der Waals surface area contributed by atoms with Gasteiger partial charge in [0.05, 0.1) is 5.69 Å². The number of hydrogen-bond donors (Lipinski definition) is 3. The summed E-state index contributed by atoms with van der Waals surface area (Å²) in [5.74, 6) is 0.665. The number of nitrogens with zero attached hydrogens (tertiary/aromatic N) is 4. The number of aryl methyl sites for hydroxylation is 1. The van der Waals surface area contributed by atoms with E-state index in [0.717, 1.165) is 17.3 Å². The van der Waals surface area contributed by atoms with Crippen molar-refractivity contribution in [1.29, 1.82) is 0 Å². The fourth-order valence-corrected chi connectivity index (χ4v) is 4.73. The summed E-state index contributed by atoms with van der Waals surface area (Å²) < 4.78 is 6.93. The molecule has 3 aromatic rings. The van der Waals surface area contributed by atoms with E-state index < -0.39 is 11.8 Å². The molecular weight excluding hydrogens is 398 g/mol. The molecule has 5 rings (SSSR count). The Morgan fingerprint density at radius 3 is 2.84 bits per heavy atom. The van der Waals surface area contributed by atoms with E-state index in [1.165, 1.54) is 49.2 Å². The Bertz CT molecular complexity index is 1160. The number of fused-ring (bicyclic) bond motifs is 2. The third-order valence-corrected chi connectivity index (χ3v) is 6.19. The second kappa shape index (κ2) is 7.22. The maximum Gasteiger partial charge on any atom is 0.277 e. The molecule has 0 spiro atoms. The van der Waals surface area contributed by atoms with Gasteiger partial charge in [0.15, 0.2) is 11.4 Å². The number of hydrogen-bond acceptors (Lipinski definition) is 7. The van der Waals surface area contributed by atoms with Gasteiger partial charge in [0.2, 0.25) is 5.89 Å². The van der Waals surface area contributed by atoms with Crippen LogP contribution < -0.4 is 16.4 Å². The minimum atomic E-state index is -0.733. The van der Waals surface area contributed by atoms with Crippen LogP contribution in [0.5, 0.6) is 0 Å². The summed E-state index contributed by atoms with van der Waals surface area (Å²) >= 11 is 0. The summed E-state index contributed by atoms with van der Waals surface area (Å²) in [6, 6.07) is 3.68. The van der Waals surface area contributed by atoms with Crippen molar-refractivity contribution in [3.63, 3.8) is 0 Å². The van der Waals surface area contributed by atoms with Gasteiger partial charge < -0.3 is 20.8 Å². The fourth-order valence-electron chi connectivity index (χ4n) is 4.73. The SMILES string of the molecule is Cn1cc(NC(=O)c2coc(-c3ccnc(NC45CCC(CC4)C5)c3)n2)c(C(N)=O)n1. The normalized spacial score (nSPS) is 21.9. The molecule has 2 amide bonds. The van der Waals surface area contributed by atoms with E-state index in [1.807, 2.05) is 6.07 Å². The molecule has 2 aliphatic rings. The zero-order valence-electron chi connectivity index (χ0n) is 17.1. The molecular formula is C21H23N7O3. The molecule has 2 bridgehead atoms. The van der Waals surface area contributed by atoms with Gasteiger partial charge in [-0.1, -0.05) is 0 Å². The number of aromatic nitrogens is 4. The Balaban J connectivity index is 1.32. The third kappa shape index (κ3) is 3.65. The summed E-state index contributed by atoms with van der Waals surface area (Å²) in [5, 5.41) is 10.2. The first-order chi connectivity index (χ1) is 14.9. The highest BCUT2D eigenvalue weighted by Gasteiger charge is 2.44. The zero-order valence-corrected chi connectivity index (χ0v) is 17.1. The molecule has 4 N–H and O–H groups in total. The van der Waals surface area contributed by atoms with Gasteiger partial charge in [0.25, 0.3) is 11.8 Å². The lowest BCUT2D eigenvalue weighted by Crippen LogP contribution is -2.33. The molecule has 0 saturated heterocycles. The van der Waals surface area contributed by atoms with Gasteiger partial charge in [-0.3, -0.25) is 14.3 Å². The van der Waals surface area contributed by atoms with E-state index in [0.29, 0.717) is 5.89 Å². The lowest BCUT2D eigenvalue weighted by atomic mass is 9.94. The van der Waals surface area contributed by atoms with E-state index >= 15 is 0 Å². The number of anilines is 2. The highest BCUT2D eigenvalue weighted by molar-refractivity contribution is 6.07. The molecule has 0 unspecified atom stereocenters. The molecule has 0 atom stereocenters. The smallest absolute Gasteiger partial charge is 0.277 e. The second-order valence-electron chi connectivity index (χ2n) is 8.40. The maximum absolute atomic E-state index is 12.6. The molecule has 0 radical (unpaired) electrons. The molecule has 3 heterocycles. The number of primary amides is 1. The Morgan fingerprint density at radius 2 is 2.13 bits per heavy atom. The molecule has 10 nitrogen and oxygen atoms in total. The predicted molar refractivity (Wildman–Crippen MR) is 112 cm³/mol. The monoisotopic (exact) mass is 421 g/mol. The summed E-state index contributed by atoms with van der Waals surface area (Å²) in [5.41, 5.74) is 6.45. The molecule has 3 aromatic heterocycles. The topological polar surface area (TPSA) is 141 Å². The Labute approximate surface area is 178 Å². The zero-order chi connectivity index (χ0) is 21.6. The van der Waals surface area contributed by atoms with Crippen LogP contribution in [-0.2, 0) is 7.05 Å². The number of pyridine rings is 1. The minimum Gasteiger partial charge on any atom is -0.444 e. The summed E-state index contributed by atoms with van der Waals surface area (Å²) in [4.78, 5) is 32.8. The van der Waals surface area contributed by atoms with Crippen LogP contribution in [0, 0.1) is 5.92 Å². The standard InChI is InChI=1S/C21H23N7O3/c1-28-10-14(17(27-28)18(22)29)24-19(30)15-11-31-20(25-15)13-4-7-23-16(8-13)26-21-5-2-12(9-21)3-6-21/h4,7-8,10-12H,2-3,5-6,9H2,1H3,(H2,22,29)(H,23,26)(H,24,30). The van der Waals surface area contributed by atoms with Crippen molar-refractivity contribution < 1.29 is 14.0 Å². The van der Waals surface area contributed by atoms with Gasteiger partial charge >= 0.3 is 0 Å². The van der Waals surface area contributed by atoms with Crippen molar-refractivity contribution in [2.75, 3.05) is 10.6 Å². The fraction of sp³-hybridized carbons (Fsp3) is 0.381. The van der Waals surface area contributed by atoms with Crippen molar-refractivity contribution in [3.8, 4) is 11.5 Å². The molecule has 2 aliphatic carbocycles. The van der Waals surface area contributed by atoms with E-state index in [2.05, 4.69) is 25.7 Å². The van der Waals surface area contributed by atoms with Crippen LogP contribution in [0.1, 0.15) is 53.1 Å². The molecule has 160 valence electrons. The van der Waals surface area contributed by atoms with Gasteiger partial charge in [0.1, 0.15) is 12.1 Å². The van der Waals surface area contributed by atoms with Crippen LogP contribution in [0.25, 0.3) is 11.5 Å². The quantitative estimate of drug-likeness (QED) is 0.555. The van der Waals surface area contributed by atoms with E-state index in [1.54, 1.807) is 19.3 Å². The van der Waals surface area contributed by atoms with E-state index in [4.69, 9.17) is 10.2 Å². The van der Waals surface area contributed by atoms with Crippen LogP contribution in [0.4, 0.5) is 11.5 Å². The van der Waals surface area contributed by atoms with Crippen molar-refractivity contribution in [2.24, 2.45) is 18.7 Å². The molecule has 2 fully saturated rings. The van der Waals surface area contributed by atoms with Crippen molar-refractivity contribution in [1.82, 2.24) is 19.7 Å². The van der Waals surface area contributed by atoms with Crippen LogP contribution in [0.3, 0.4) is 0 Å². The average molecular weight is 421 g/mol. The Morgan fingerprint density at radius 1 is 1.32 bits per heavy atom. The molecule has 10 heteroatoms. The number of carbonyl (C=O) groups is 2. The van der Waals surface area contributed by atoms with Gasteiger partial charge in [-0.15, -0.1) is 0 Å². The predicted octanol–water partition coefficient (Wildman–Crippen LogP) is 2.57. The van der Waals surface area contributed by atoms with Crippen LogP contribution in [0.15, 0.2) is 35.2 Å². The first-order valence-corrected chi connectivity index (χ1v) is 10.3. The number of oxazole rings is 1. The highest BCUT2D eigenvalue weighted by Crippen LogP contribution is 2.49. The van der Waals surface area contributed by atoms with E-state index in [9.17, 15) is 9.59 Å². The van der Waals surface area contributed by atoms with Crippen LogP contribution >= 0.6 is 0 Å².